The Labute approximate surface area is 188 Å². The Balaban J connectivity index is 1.65. The number of nitrogens with one attached hydrogen (secondary N) is 1. The number of amides is 1. The number of rotatable bonds is 4. The van der Waals surface area contributed by atoms with Gasteiger partial charge in [-0.25, -0.2) is 13.2 Å². The quantitative estimate of drug-likeness (QED) is 0.640. The van der Waals surface area contributed by atoms with Crippen LogP contribution in [0.2, 0.25) is 0 Å². The predicted molar refractivity (Wildman–Crippen MR) is 124 cm³/mol. The van der Waals surface area contributed by atoms with E-state index in [2.05, 4.69) is 10.3 Å². The van der Waals surface area contributed by atoms with Gasteiger partial charge in [0.05, 0.1) is 4.90 Å². The molecule has 0 saturated carbocycles. The second kappa shape index (κ2) is 8.52. The number of sulfonamides is 1. The SMILES string of the molecule is CC(C)(C)OC(=O)N[C@@H]1CCN(S(=O)(=O)c2cccc3cncc(-c4ccccc4)c23)C1. The molecule has 1 aliphatic heterocycles. The first kappa shape index (κ1) is 22.2. The van der Waals surface area contributed by atoms with Crippen LogP contribution in [0.25, 0.3) is 21.9 Å². The molecule has 1 aliphatic rings. The van der Waals surface area contributed by atoms with Crippen LogP contribution in [0.3, 0.4) is 0 Å². The van der Waals surface area contributed by atoms with Crippen molar-refractivity contribution in [2.24, 2.45) is 0 Å². The third-order valence-electron chi connectivity index (χ3n) is 5.32. The van der Waals surface area contributed by atoms with Crippen molar-refractivity contribution in [3.05, 3.63) is 60.9 Å². The summed E-state index contributed by atoms with van der Waals surface area (Å²) in [4.78, 5) is 16.7. The molecule has 0 radical (unpaired) electrons. The number of benzene rings is 2. The molecule has 1 fully saturated rings. The van der Waals surface area contributed by atoms with Crippen LogP contribution in [0.4, 0.5) is 4.79 Å². The maximum absolute atomic E-state index is 13.7. The van der Waals surface area contributed by atoms with E-state index in [-0.39, 0.29) is 17.5 Å². The number of fused-ring (bicyclic) bond motifs is 1. The van der Waals surface area contributed by atoms with Gasteiger partial charge in [-0.3, -0.25) is 4.98 Å². The van der Waals surface area contributed by atoms with Crippen molar-refractivity contribution in [2.75, 3.05) is 13.1 Å². The molecule has 32 heavy (non-hydrogen) atoms. The van der Waals surface area contributed by atoms with Gasteiger partial charge < -0.3 is 10.1 Å². The topological polar surface area (TPSA) is 88.6 Å². The summed E-state index contributed by atoms with van der Waals surface area (Å²) in [5.74, 6) is 0. The summed E-state index contributed by atoms with van der Waals surface area (Å²) in [7, 11) is -3.79. The van der Waals surface area contributed by atoms with Crippen LogP contribution in [0.15, 0.2) is 65.8 Å². The van der Waals surface area contributed by atoms with Crippen LogP contribution in [0.1, 0.15) is 27.2 Å². The number of hydrogen-bond donors (Lipinski definition) is 1. The molecule has 2 heterocycles. The number of aromatic nitrogens is 1. The number of alkyl carbamates (subject to hydrolysis) is 1. The molecule has 0 spiro atoms. The summed E-state index contributed by atoms with van der Waals surface area (Å²) in [6.07, 6.45) is 3.37. The predicted octanol–water partition coefficient (Wildman–Crippen LogP) is 4.19. The number of ether oxygens (including phenoxy) is 1. The van der Waals surface area contributed by atoms with Crippen LogP contribution in [0.5, 0.6) is 0 Å². The molecule has 1 aromatic heterocycles. The Morgan fingerprint density at radius 3 is 2.56 bits per heavy atom. The lowest BCUT2D eigenvalue weighted by atomic mass is 10.0. The number of carbonyl (C=O) groups excluding carboxylic acids is 1. The molecule has 1 saturated heterocycles. The number of pyridine rings is 1. The third kappa shape index (κ3) is 4.61. The van der Waals surface area contributed by atoms with Crippen LogP contribution >= 0.6 is 0 Å². The average molecular weight is 454 g/mol. The zero-order valence-corrected chi connectivity index (χ0v) is 19.2. The smallest absolute Gasteiger partial charge is 0.407 e. The van der Waals surface area contributed by atoms with E-state index in [0.29, 0.717) is 18.4 Å². The highest BCUT2D eigenvalue weighted by Gasteiger charge is 2.35. The molecule has 1 N–H and O–H groups in total. The number of nitrogens with zero attached hydrogens (tertiary/aromatic N) is 2. The van der Waals surface area contributed by atoms with Gasteiger partial charge >= 0.3 is 6.09 Å². The molecule has 1 amide bonds. The van der Waals surface area contributed by atoms with Gasteiger partial charge in [0, 0.05) is 47.9 Å². The normalized spacial score (nSPS) is 17.4. The van der Waals surface area contributed by atoms with Gasteiger partial charge in [0.2, 0.25) is 10.0 Å². The largest absolute Gasteiger partial charge is 0.444 e. The minimum absolute atomic E-state index is 0.198. The summed E-state index contributed by atoms with van der Waals surface area (Å²) in [5.41, 5.74) is 1.06. The maximum atomic E-state index is 13.7. The van der Waals surface area contributed by atoms with E-state index in [1.807, 2.05) is 36.4 Å². The van der Waals surface area contributed by atoms with Crippen molar-refractivity contribution in [3.8, 4) is 11.1 Å². The highest BCUT2D eigenvalue weighted by atomic mass is 32.2. The Morgan fingerprint density at radius 1 is 1.09 bits per heavy atom. The van der Waals surface area contributed by atoms with Crippen molar-refractivity contribution in [2.45, 2.75) is 43.7 Å². The van der Waals surface area contributed by atoms with Crippen LogP contribution in [0, 0.1) is 0 Å². The van der Waals surface area contributed by atoms with Crippen LogP contribution < -0.4 is 5.32 Å². The van der Waals surface area contributed by atoms with E-state index in [0.717, 1.165) is 16.5 Å². The molecule has 0 bridgehead atoms. The highest BCUT2D eigenvalue weighted by Crippen LogP contribution is 2.34. The Bertz CT molecular complexity index is 1230. The van der Waals surface area contributed by atoms with Gasteiger partial charge in [-0.05, 0) is 38.8 Å². The molecule has 8 heteroatoms. The van der Waals surface area contributed by atoms with E-state index in [4.69, 9.17) is 4.74 Å². The van der Waals surface area contributed by atoms with E-state index >= 15 is 0 Å². The Hall–Kier alpha value is -2.97. The molecular formula is C24H27N3O4S. The lowest BCUT2D eigenvalue weighted by Gasteiger charge is -2.22. The lowest BCUT2D eigenvalue weighted by molar-refractivity contribution is 0.0507. The molecule has 7 nitrogen and oxygen atoms in total. The second-order valence-electron chi connectivity index (χ2n) is 8.90. The van der Waals surface area contributed by atoms with E-state index in [1.54, 1.807) is 45.3 Å². The standard InChI is InChI=1S/C24H27N3O4S/c1-24(2,3)31-23(28)26-19-12-13-27(16-19)32(29,30)21-11-7-10-18-14-25-15-20(22(18)21)17-8-5-4-6-9-17/h4-11,14-15,19H,12-13,16H2,1-3H3,(H,26,28)/t19-/m1/s1. The molecular weight excluding hydrogens is 426 g/mol. The molecule has 2 aromatic carbocycles. The first-order valence-corrected chi connectivity index (χ1v) is 12.0. The molecule has 168 valence electrons. The minimum atomic E-state index is -3.79. The zero-order valence-electron chi connectivity index (χ0n) is 18.4. The Morgan fingerprint density at radius 2 is 1.84 bits per heavy atom. The minimum Gasteiger partial charge on any atom is -0.444 e. The average Bonchev–Trinajstić information content (AvgIpc) is 3.21. The van der Waals surface area contributed by atoms with Crippen molar-refractivity contribution in [1.29, 1.82) is 0 Å². The van der Waals surface area contributed by atoms with Gasteiger partial charge in [-0.1, -0.05) is 42.5 Å². The molecule has 0 unspecified atom stereocenters. The van der Waals surface area contributed by atoms with E-state index in [1.165, 1.54) is 4.31 Å². The number of hydrogen-bond acceptors (Lipinski definition) is 5. The fourth-order valence-electron chi connectivity index (χ4n) is 3.93. The van der Waals surface area contributed by atoms with Gasteiger partial charge in [-0.2, -0.15) is 4.31 Å². The first-order valence-electron chi connectivity index (χ1n) is 10.6. The fraction of sp³-hybridized carbons (Fsp3) is 0.333. The number of carbonyl (C=O) groups is 1. The summed E-state index contributed by atoms with van der Waals surface area (Å²) in [6.45, 7) is 5.89. The Kier molecular flexibility index (Phi) is 5.92. The summed E-state index contributed by atoms with van der Waals surface area (Å²) in [5, 5.41) is 4.20. The highest BCUT2D eigenvalue weighted by molar-refractivity contribution is 7.89. The van der Waals surface area contributed by atoms with Crippen molar-refractivity contribution >= 4 is 26.9 Å². The fourth-order valence-corrected chi connectivity index (χ4v) is 5.67. The maximum Gasteiger partial charge on any atom is 0.407 e. The molecule has 3 aromatic rings. The van der Waals surface area contributed by atoms with Gasteiger partial charge in [-0.15, -0.1) is 0 Å². The molecule has 4 rings (SSSR count). The van der Waals surface area contributed by atoms with Gasteiger partial charge in [0.15, 0.2) is 0 Å². The van der Waals surface area contributed by atoms with Crippen LogP contribution in [-0.4, -0.2) is 48.5 Å². The summed E-state index contributed by atoms with van der Waals surface area (Å²) < 4.78 is 34.0. The second-order valence-corrected chi connectivity index (χ2v) is 10.8. The van der Waals surface area contributed by atoms with Gasteiger partial charge in [0.1, 0.15) is 5.60 Å². The summed E-state index contributed by atoms with van der Waals surface area (Å²) >= 11 is 0. The summed E-state index contributed by atoms with van der Waals surface area (Å²) in [6, 6.07) is 14.6. The zero-order chi connectivity index (χ0) is 22.9. The van der Waals surface area contributed by atoms with Crippen molar-refractivity contribution < 1.29 is 17.9 Å². The molecule has 0 aliphatic carbocycles. The lowest BCUT2D eigenvalue weighted by Crippen LogP contribution is -2.41. The van der Waals surface area contributed by atoms with Crippen LogP contribution in [-0.2, 0) is 14.8 Å². The van der Waals surface area contributed by atoms with E-state index < -0.39 is 21.7 Å². The van der Waals surface area contributed by atoms with Crippen molar-refractivity contribution in [1.82, 2.24) is 14.6 Å². The molecule has 1 atom stereocenters. The third-order valence-corrected chi connectivity index (χ3v) is 7.23. The van der Waals surface area contributed by atoms with E-state index in [9.17, 15) is 13.2 Å². The van der Waals surface area contributed by atoms with Crippen molar-refractivity contribution in [3.63, 3.8) is 0 Å². The monoisotopic (exact) mass is 453 g/mol. The first-order chi connectivity index (χ1) is 15.1. The van der Waals surface area contributed by atoms with Gasteiger partial charge in [0.25, 0.3) is 0 Å².